The van der Waals surface area contributed by atoms with Crippen LogP contribution in [0.25, 0.3) is 0 Å². The van der Waals surface area contributed by atoms with E-state index in [0.717, 1.165) is 51.9 Å². The van der Waals surface area contributed by atoms with Crippen molar-refractivity contribution in [2.45, 2.75) is 50.2 Å². The van der Waals surface area contributed by atoms with Gasteiger partial charge in [0.15, 0.2) is 0 Å². The van der Waals surface area contributed by atoms with Crippen molar-refractivity contribution in [2.24, 2.45) is 11.7 Å². The first kappa shape index (κ1) is 15.0. The Hall–Kier alpha value is -0.900. The number of nitrogens with two attached hydrogens (primary N) is 1. The molecule has 0 bridgehead atoms. The van der Waals surface area contributed by atoms with Gasteiger partial charge in [0.05, 0.1) is 12.2 Å². The minimum absolute atomic E-state index is 0.0139. The molecule has 3 nitrogen and oxygen atoms in total. The molecule has 1 aromatic carbocycles. The van der Waals surface area contributed by atoms with Crippen molar-refractivity contribution in [1.82, 2.24) is 0 Å². The number of hydrogen-bond acceptors (Lipinski definition) is 3. The van der Waals surface area contributed by atoms with Crippen molar-refractivity contribution in [2.75, 3.05) is 19.8 Å². The fourth-order valence-electron chi connectivity index (χ4n) is 3.72. The predicted molar refractivity (Wildman–Crippen MR) is 84.2 cm³/mol. The first-order valence-corrected chi connectivity index (χ1v) is 8.29. The third-order valence-electron chi connectivity index (χ3n) is 5.05. The molecule has 0 aliphatic carbocycles. The van der Waals surface area contributed by atoms with E-state index in [1.807, 2.05) is 0 Å². The third-order valence-corrected chi connectivity index (χ3v) is 5.05. The minimum atomic E-state index is -0.0139. The van der Waals surface area contributed by atoms with Crippen LogP contribution in [0.15, 0.2) is 30.3 Å². The first-order valence-electron chi connectivity index (χ1n) is 8.29. The molecule has 3 atom stereocenters. The molecule has 2 heterocycles. The van der Waals surface area contributed by atoms with Gasteiger partial charge in [0, 0.05) is 25.7 Å². The molecule has 2 N–H and O–H groups in total. The van der Waals surface area contributed by atoms with Crippen LogP contribution >= 0.6 is 0 Å². The van der Waals surface area contributed by atoms with Crippen LogP contribution in [0.1, 0.15) is 37.7 Å². The topological polar surface area (TPSA) is 44.5 Å². The lowest BCUT2D eigenvalue weighted by Gasteiger charge is -2.39. The molecule has 1 aromatic rings. The molecular weight excluding hydrogens is 262 g/mol. The molecule has 2 fully saturated rings. The maximum atomic E-state index is 6.47. The van der Waals surface area contributed by atoms with Crippen LogP contribution in [0.4, 0.5) is 0 Å². The standard InChI is InChI=1S/C18H27NO2/c19-17(8-4-7-15-5-2-1-3-6-15)16-9-11-21-18(13-16)10-12-20-14-18/h1-3,5-6,16-17H,4,7-14,19H2. The van der Waals surface area contributed by atoms with Crippen LogP contribution in [0.5, 0.6) is 0 Å². The van der Waals surface area contributed by atoms with Crippen LogP contribution in [0, 0.1) is 5.92 Å². The fraction of sp³-hybridized carbons (Fsp3) is 0.667. The van der Waals surface area contributed by atoms with Gasteiger partial charge in [0.1, 0.15) is 0 Å². The molecule has 0 amide bonds. The van der Waals surface area contributed by atoms with Crippen LogP contribution in [-0.4, -0.2) is 31.5 Å². The summed E-state index contributed by atoms with van der Waals surface area (Å²) >= 11 is 0. The van der Waals surface area contributed by atoms with Crippen LogP contribution < -0.4 is 5.73 Å². The van der Waals surface area contributed by atoms with Crippen LogP contribution in [0.2, 0.25) is 0 Å². The largest absolute Gasteiger partial charge is 0.378 e. The Kier molecular flexibility index (Phi) is 4.94. The quantitative estimate of drug-likeness (QED) is 0.906. The highest BCUT2D eigenvalue weighted by Crippen LogP contribution is 2.37. The lowest BCUT2D eigenvalue weighted by Crippen LogP contribution is -2.45. The summed E-state index contributed by atoms with van der Waals surface area (Å²) < 4.78 is 11.5. The van der Waals surface area contributed by atoms with Crippen molar-refractivity contribution in [3.05, 3.63) is 35.9 Å². The van der Waals surface area contributed by atoms with Crippen molar-refractivity contribution in [1.29, 1.82) is 0 Å². The number of ether oxygens (including phenoxy) is 2. The smallest absolute Gasteiger partial charge is 0.0939 e. The number of benzene rings is 1. The van der Waals surface area contributed by atoms with Crippen molar-refractivity contribution in [3.63, 3.8) is 0 Å². The molecule has 0 saturated carbocycles. The average molecular weight is 289 g/mol. The normalized spacial score (nSPS) is 30.6. The molecule has 2 aliphatic rings. The summed E-state index contributed by atoms with van der Waals surface area (Å²) in [6.45, 7) is 2.45. The van der Waals surface area contributed by atoms with E-state index in [1.165, 1.54) is 12.0 Å². The van der Waals surface area contributed by atoms with E-state index >= 15 is 0 Å². The van der Waals surface area contributed by atoms with Gasteiger partial charge < -0.3 is 15.2 Å². The highest BCUT2D eigenvalue weighted by Gasteiger charge is 2.42. The Morgan fingerprint density at radius 2 is 2.10 bits per heavy atom. The summed E-state index contributed by atoms with van der Waals surface area (Å²) in [5.41, 5.74) is 7.87. The van der Waals surface area contributed by atoms with Gasteiger partial charge in [0.2, 0.25) is 0 Å². The molecule has 3 heteroatoms. The summed E-state index contributed by atoms with van der Waals surface area (Å²) in [5, 5.41) is 0. The van der Waals surface area contributed by atoms with Crippen molar-refractivity contribution >= 4 is 0 Å². The Morgan fingerprint density at radius 3 is 2.86 bits per heavy atom. The fourth-order valence-corrected chi connectivity index (χ4v) is 3.72. The molecule has 21 heavy (non-hydrogen) atoms. The Balaban J connectivity index is 1.45. The summed E-state index contributed by atoms with van der Waals surface area (Å²) in [4.78, 5) is 0. The van der Waals surface area contributed by atoms with Gasteiger partial charge in [-0.3, -0.25) is 0 Å². The maximum Gasteiger partial charge on any atom is 0.0939 e. The molecule has 0 radical (unpaired) electrons. The lowest BCUT2D eigenvalue weighted by molar-refractivity contribution is -0.101. The molecule has 3 unspecified atom stereocenters. The van der Waals surface area contributed by atoms with Crippen molar-refractivity contribution < 1.29 is 9.47 Å². The average Bonchev–Trinajstić information content (AvgIpc) is 2.96. The second kappa shape index (κ2) is 6.91. The van der Waals surface area contributed by atoms with Gasteiger partial charge in [-0.25, -0.2) is 0 Å². The molecule has 116 valence electrons. The molecular formula is C18H27NO2. The van der Waals surface area contributed by atoms with E-state index in [9.17, 15) is 0 Å². The molecule has 1 spiro atoms. The summed E-state index contributed by atoms with van der Waals surface area (Å²) in [7, 11) is 0. The molecule has 0 aromatic heterocycles. The third kappa shape index (κ3) is 3.85. The van der Waals surface area contributed by atoms with Gasteiger partial charge in [-0.2, -0.15) is 0 Å². The highest BCUT2D eigenvalue weighted by molar-refractivity contribution is 5.14. The maximum absolute atomic E-state index is 6.47. The van der Waals surface area contributed by atoms with Crippen LogP contribution in [-0.2, 0) is 15.9 Å². The highest BCUT2D eigenvalue weighted by atomic mass is 16.6. The molecule has 3 rings (SSSR count). The van der Waals surface area contributed by atoms with E-state index in [1.54, 1.807) is 0 Å². The summed E-state index contributed by atoms with van der Waals surface area (Å²) in [6, 6.07) is 11.0. The number of hydrogen-bond donors (Lipinski definition) is 1. The molecule has 2 saturated heterocycles. The second-order valence-electron chi connectivity index (χ2n) is 6.63. The zero-order valence-corrected chi connectivity index (χ0v) is 12.8. The number of rotatable bonds is 5. The SMILES string of the molecule is NC(CCCc1ccccc1)C1CCOC2(CCOC2)C1. The van der Waals surface area contributed by atoms with E-state index in [0.29, 0.717) is 12.0 Å². The first-order chi connectivity index (χ1) is 10.3. The van der Waals surface area contributed by atoms with Gasteiger partial charge in [0.25, 0.3) is 0 Å². The Morgan fingerprint density at radius 1 is 1.24 bits per heavy atom. The van der Waals surface area contributed by atoms with Gasteiger partial charge in [-0.15, -0.1) is 0 Å². The van der Waals surface area contributed by atoms with E-state index in [4.69, 9.17) is 15.2 Å². The van der Waals surface area contributed by atoms with E-state index < -0.39 is 0 Å². The summed E-state index contributed by atoms with van der Waals surface area (Å²) in [5.74, 6) is 0.594. The lowest BCUT2D eigenvalue weighted by atomic mass is 9.80. The Bertz CT molecular complexity index is 428. The van der Waals surface area contributed by atoms with Gasteiger partial charge in [-0.1, -0.05) is 30.3 Å². The summed E-state index contributed by atoms with van der Waals surface area (Å²) in [6.07, 6.45) is 6.64. The van der Waals surface area contributed by atoms with Crippen molar-refractivity contribution in [3.8, 4) is 0 Å². The van der Waals surface area contributed by atoms with E-state index in [2.05, 4.69) is 30.3 Å². The second-order valence-corrected chi connectivity index (χ2v) is 6.63. The number of aryl methyl sites for hydroxylation is 1. The van der Waals surface area contributed by atoms with Gasteiger partial charge >= 0.3 is 0 Å². The predicted octanol–water partition coefficient (Wildman–Crippen LogP) is 2.92. The van der Waals surface area contributed by atoms with Gasteiger partial charge in [-0.05, 0) is 43.6 Å². The minimum Gasteiger partial charge on any atom is -0.378 e. The van der Waals surface area contributed by atoms with E-state index in [-0.39, 0.29) is 5.60 Å². The Labute approximate surface area is 127 Å². The zero-order chi connectivity index (χ0) is 14.5. The monoisotopic (exact) mass is 289 g/mol. The zero-order valence-electron chi connectivity index (χ0n) is 12.8. The molecule has 2 aliphatic heterocycles. The van der Waals surface area contributed by atoms with Crippen LogP contribution in [0.3, 0.4) is 0 Å².